The predicted molar refractivity (Wildman–Crippen MR) is 87.5 cm³/mol. The number of hydroxylamine groups is 2. The molecule has 0 bridgehead atoms. The minimum Gasteiger partial charge on any atom is -0.355 e. The molecule has 28 heavy (non-hydrogen) atoms. The molecule has 1 heterocycles. The Morgan fingerprint density at radius 1 is 1.18 bits per heavy atom. The van der Waals surface area contributed by atoms with E-state index in [1.54, 1.807) is 19.1 Å². The van der Waals surface area contributed by atoms with Gasteiger partial charge >= 0.3 is 12.1 Å². The summed E-state index contributed by atoms with van der Waals surface area (Å²) in [5.74, 6) is -3.76. The van der Waals surface area contributed by atoms with Crippen molar-refractivity contribution in [3.63, 3.8) is 0 Å². The van der Waals surface area contributed by atoms with Crippen molar-refractivity contribution in [3.05, 3.63) is 35.4 Å². The molecule has 0 aromatic heterocycles. The summed E-state index contributed by atoms with van der Waals surface area (Å²) in [6.45, 7) is 1.08. The van der Waals surface area contributed by atoms with Crippen LogP contribution in [-0.4, -0.2) is 41.5 Å². The van der Waals surface area contributed by atoms with Crippen LogP contribution in [0.3, 0.4) is 0 Å². The molecule has 2 aliphatic rings. The average Bonchev–Trinajstić information content (AvgIpc) is 2.83. The zero-order valence-electron chi connectivity index (χ0n) is 14.8. The van der Waals surface area contributed by atoms with E-state index >= 15 is 0 Å². The fourth-order valence-corrected chi connectivity index (χ4v) is 3.48. The van der Waals surface area contributed by atoms with E-state index in [1.807, 2.05) is 0 Å². The van der Waals surface area contributed by atoms with Crippen LogP contribution in [0.4, 0.5) is 13.2 Å². The third kappa shape index (κ3) is 3.46. The Labute approximate surface area is 157 Å². The van der Waals surface area contributed by atoms with E-state index in [0.717, 1.165) is 0 Å². The van der Waals surface area contributed by atoms with Crippen molar-refractivity contribution in [2.24, 2.45) is 11.3 Å². The van der Waals surface area contributed by atoms with Crippen molar-refractivity contribution in [1.82, 2.24) is 10.4 Å². The van der Waals surface area contributed by atoms with Crippen molar-refractivity contribution in [1.29, 1.82) is 0 Å². The van der Waals surface area contributed by atoms with Gasteiger partial charge in [-0.3, -0.25) is 14.4 Å². The number of fused-ring (bicyclic) bond motifs is 1. The first kappa shape index (κ1) is 19.8. The van der Waals surface area contributed by atoms with Gasteiger partial charge in [-0.2, -0.15) is 13.2 Å². The van der Waals surface area contributed by atoms with E-state index in [2.05, 4.69) is 5.32 Å². The molecule has 0 spiro atoms. The van der Waals surface area contributed by atoms with Crippen LogP contribution in [0.15, 0.2) is 24.3 Å². The van der Waals surface area contributed by atoms with Gasteiger partial charge in [0.1, 0.15) is 5.41 Å². The Kier molecular flexibility index (Phi) is 4.90. The number of hydrogen-bond donors (Lipinski definition) is 1. The standard InChI is InChI=1S/C18H17F3N2O5/c1-10-8-17(9-10,15(26)22-7-6-18(19,20)21)16(27)28-23-13(24)11-4-2-3-5-12(11)14(23)25/h2-5,10H,6-9H2,1H3,(H,22,26). The second kappa shape index (κ2) is 6.92. The minimum absolute atomic E-state index is 0.0388. The molecule has 0 atom stereocenters. The second-order valence-corrected chi connectivity index (χ2v) is 7.05. The molecule has 3 rings (SSSR count). The maximum atomic E-state index is 12.6. The van der Waals surface area contributed by atoms with Crippen LogP contribution < -0.4 is 5.32 Å². The number of amides is 3. The van der Waals surface area contributed by atoms with E-state index < -0.39 is 48.2 Å². The molecule has 1 N–H and O–H groups in total. The van der Waals surface area contributed by atoms with Crippen LogP contribution in [0.1, 0.15) is 46.9 Å². The van der Waals surface area contributed by atoms with Crippen LogP contribution in [0.25, 0.3) is 0 Å². The molecule has 3 amide bonds. The van der Waals surface area contributed by atoms with Gasteiger partial charge in [-0.1, -0.05) is 24.1 Å². The topological polar surface area (TPSA) is 92.8 Å². The molecule has 1 fully saturated rings. The molecule has 0 saturated heterocycles. The summed E-state index contributed by atoms with van der Waals surface area (Å²) in [5, 5.41) is 2.39. The molecule has 150 valence electrons. The lowest BCUT2D eigenvalue weighted by Crippen LogP contribution is -2.56. The van der Waals surface area contributed by atoms with Gasteiger partial charge in [0.25, 0.3) is 11.8 Å². The Morgan fingerprint density at radius 3 is 2.18 bits per heavy atom. The largest absolute Gasteiger partial charge is 0.390 e. The summed E-state index contributed by atoms with van der Waals surface area (Å²) < 4.78 is 36.8. The number of rotatable bonds is 5. The van der Waals surface area contributed by atoms with Crippen LogP contribution in [0, 0.1) is 11.3 Å². The predicted octanol–water partition coefficient (Wildman–Crippen LogP) is 2.23. The maximum Gasteiger partial charge on any atom is 0.390 e. The zero-order valence-corrected chi connectivity index (χ0v) is 14.8. The zero-order chi connectivity index (χ0) is 20.7. The van der Waals surface area contributed by atoms with Crippen LogP contribution in [0.5, 0.6) is 0 Å². The van der Waals surface area contributed by atoms with Gasteiger partial charge in [0, 0.05) is 6.54 Å². The molecule has 7 nitrogen and oxygen atoms in total. The third-order valence-electron chi connectivity index (χ3n) is 4.84. The van der Waals surface area contributed by atoms with Crippen molar-refractivity contribution in [2.45, 2.75) is 32.4 Å². The SMILES string of the molecule is CC1CC(C(=O)NCCC(F)(F)F)(C(=O)ON2C(=O)c3ccccc3C2=O)C1. The highest BCUT2D eigenvalue weighted by molar-refractivity contribution is 6.21. The van der Waals surface area contributed by atoms with Crippen LogP contribution in [0.2, 0.25) is 0 Å². The molecule has 1 aliphatic carbocycles. The lowest BCUT2D eigenvalue weighted by atomic mass is 9.62. The lowest BCUT2D eigenvalue weighted by molar-refractivity contribution is -0.192. The van der Waals surface area contributed by atoms with E-state index in [1.165, 1.54) is 12.1 Å². The molecule has 1 saturated carbocycles. The number of halogens is 3. The number of hydrogen-bond acceptors (Lipinski definition) is 5. The first-order valence-corrected chi connectivity index (χ1v) is 8.60. The van der Waals surface area contributed by atoms with Gasteiger partial charge in [0.15, 0.2) is 0 Å². The highest BCUT2D eigenvalue weighted by Gasteiger charge is 2.57. The first-order chi connectivity index (χ1) is 13.0. The second-order valence-electron chi connectivity index (χ2n) is 7.05. The molecule has 0 radical (unpaired) electrons. The highest BCUT2D eigenvalue weighted by atomic mass is 19.4. The van der Waals surface area contributed by atoms with Gasteiger partial charge in [-0.25, -0.2) is 4.79 Å². The number of carbonyl (C=O) groups excluding carboxylic acids is 4. The molecular formula is C18H17F3N2O5. The molecular weight excluding hydrogens is 381 g/mol. The smallest absolute Gasteiger partial charge is 0.355 e. The monoisotopic (exact) mass is 398 g/mol. The van der Waals surface area contributed by atoms with Gasteiger partial charge in [0.2, 0.25) is 5.91 Å². The van der Waals surface area contributed by atoms with Gasteiger partial charge < -0.3 is 10.2 Å². The summed E-state index contributed by atoms with van der Waals surface area (Å²) in [6.07, 6.45) is -5.59. The number of carbonyl (C=O) groups is 4. The van der Waals surface area contributed by atoms with Gasteiger partial charge in [-0.05, 0) is 30.9 Å². The van der Waals surface area contributed by atoms with Crippen molar-refractivity contribution < 1.29 is 37.2 Å². The van der Waals surface area contributed by atoms with Gasteiger partial charge in [-0.15, -0.1) is 0 Å². The molecule has 1 aliphatic heterocycles. The van der Waals surface area contributed by atoms with E-state index in [9.17, 15) is 32.3 Å². The number of benzene rings is 1. The highest BCUT2D eigenvalue weighted by Crippen LogP contribution is 2.47. The van der Waals surface area contributed by atoms with Crippen molar-refractivity contribution in [2.75, 3.05) is 6.54 Å². The summed E-state index contributed by atoms with van der Waals surface area (Å²) >= 11 is 0. The molecule has 10 heteroatoms. The van der Waals surface area contributed by atoms with Crippen LogP contribution >= 0.6 is 0 Å². The Morgan fingerprint density at radius 2 is 1.71 bits per heavy atom. The van der Waals surface area contributed by atoms with Crippen LogP contribution in [-0.2, 0) is 14.4 Å². The summed E-state index contributed by atoms with van der Waals surface area (Å²) in [4.78, 5) is 54.6. The number of imide groups is 1. The number of alkyl halides is 3. The minimum atomic E-state index is -4.45. The molecule has 0 unspecified atom stereocenters. The molecule has 1 aromatic rings. The maximum absolute atomic E-state index is 12.6. The van der Waals surface area contributed by atoms with Crippen molar-refractivity contribution in [3.8, 4) is 0 Å². The lowest BCUT2D eigenvalue weighted by Gasteiger charge is -2.42. The van der Waals surface area contributed by atoms with E-state index in [4.69, 9.17) is 4.84 Å². The summed E-state index contributed by atoms with van der Waals surface area (Å²) in [6, 6.07) is 5.87. The normalized spacial score (nSPS) is 23.9. The van der Waals surface area contributed by atoms with Crippen molar-refractivity contribution >= 4 is 23.7 Å². The number of nitrogens with one attached hydrogen (secondary N) is 1. The van der Waals surface area contributed by atoms with E-state index in [0.29, 0.717) is 5.06 Å². The average molecular weight is 398 g/mol. The third-order valence-corrected chi connectivity index (χ3v) is 4.84. The Balaban J connectivity index is 1.71. The fourth-order valence-electron chi connectivity index (χ4n) is 3.48. The first-order valence-electron chi connectivity index (χ1n) is 8.60. The Hall–Kier alpha value is -2.91. The Bertz CT molecular complexity index is 811. The summed E-state index contributed by atoms with van der Waals surface area (Å²) in [7, 11) is 0. The van der Waals surface area contributed by atoms with E-state index in [-0.39, 0.29) is 29.9 Å². The quantitative estimate of drug-likeness (QED) is 0.607. The fraction of sp³-hybridized carbons (Fsp3) is 0.444. The van der Waals surface area contributed by atoms with Gasteiger partial charge in [0.05, 0.1) is 17.5 Å². The summed E-state index contributed by atoms with van der Waals surface area (Å²) in [5.41, 5.74) is -1.60. The number of nitrogens with zero attached hydrogens (tertiary/aromatic N) is 1. The molecule has 1 aromatic carbocycles.